The van der Waals surface area contributed by atoms with Crippen molar-refractivity contribution in [3.63, 3.8) is 0 Å². The first kappa shape index (κ1) is 9.11. The highest BCUT2D eigenvalue weighted by Gasteiger charge is 2.12. The molecule has 1 unspecified atom stereocenters. The number of hydrogen-bond donors (Lipinski definition) is 0. The second-order valence-electron chi connectivity index (χ2n) is 2.30. The normalized spacial score (nSPS) is 12.8. The fourth-order valence-electron chi connectivity index (χ4n) is 0.986. The molecule has 0 saturated carbocycles. The zero-order valence-electron chi connectivity index (χ0n) is 6.73. The second-order valence-corrected chi connectivity index (χ2v) is 3.29. The predicted octanol–water partition coefficient (Wildman–Crippen LogP) is 2.15. The van der Waals surface area contributed by atoms with Gasteiger partial charge in [-0.25, -0.2) is 0 Å². The third kappa shape index (κ3) is 2.00. The Morgan fingerprint density at radius 3 is 2.42 bits per heavy atom. The van der Waals surface area contributed by atoms with Gasteiger partial charge in [0.05, 0.1) is 0 Å². The van der Waals surface area contributed by atoms with Gasteiger partial charge >= 0.3 is 8.03 Å². The highest BCUT2D eigenvalue weighted by atomic mass is 31.1. The standard InChI is InChI=1S/C9H9O2P/c1-2-9(12(10)11)8-6-4-3-5-7-8/h2-7H,1H3. The number of hydrogen-bond acceptors (Lipinski definition) is 2. The highest BCUT2D eigenvalue weighted by Crippen LogP contribution is 2.32. The summed E-state index contributed by atoms with van der Waals surface area (Å²) >= 11 is 0. The first-order chi connectivity index (χ1) is 5.75. The molecule has 0 saturated heterocycles. The van der Waals surface area contributed by atoms with Crippen molar-refractivity contribution >= 4 is 13.3 Å². The Kier molecular flexibility index (Phi) is 3.15. The van der Waals surface area contributed by atoms with Crippen molar-refractivity contribution in [2.24, 2.45) is 0 Å². The lowest BCUT2D eigenvalue weighted by Gasteiger charge is -1.95. The van der Waals surface area contributed by atoms with Crippen LogP contribution in [0.4, 0.5) is 0 Å². The molecule has 1 rings (SSSR count). The van der Waals surface area contributed by atoms with Crippen molar-refractivity contribution in [1.82, 2.24) is 0 Å². The molecule has 0 heterocycles. The lowest BCUT2D eigenvalue weighted by Crippen LogP contribution is -1.88. The summed E-state index contributed by atoms with van der Waals surface area (Å²) in [7, 11) is -2.48. The molecule has 0 radical (unpaired) electrons. The quantitative estimate of drug-likeness (QED) is 0.654. The first-order valence-corrected chi connectivity index (χ1v) is 4.79. The van der Waals surface area contributed by atoms with Crippen molar-refractivity contribution in [2.45, 2.75) is 6.92 Å². The van der Waals surface area contributed by atoms with Crippen LogP contribution in [0, 0.1) is 0 Å². The molecule has 0 aliphatic heterocycles. The minimum Gasteiger partial charge on any atom is -0.591 e. The van der Waals surface area contributed by atoms with E-state index in [9.17, 15) is 9.46 Å². The van der Waals surface area contributed by atoms with Crippen molar-refractivity contribution in [3.05, 3.63) is 42.0 Å². The molecule has 0 aromatic heterocycles. The number of rotatable bonds is 2. The van der Waals surface area contributed by atoms with E-state index in [2.05, 4.69) is 0 Å². The molecular formula is C9H9O2P. The van der Waals surface area contributed by atoms with Gasteiger partial charge in [-0.1, -0.05) is 34.9 Å². The second kappa shape index (κ2) is 4.15. The maximum Gasteiger partial charge on any atom is 0.349 e. The van der Waals surface area contributed by atoms with Gasteiger partial charge in [-0.3, -0.25) is 0 Å². The Morgan fingerprint density at radius 1 is 1.42 bits per heavy atom. The summed E-state index contributed by atoms with van der Waals surface area (Å²) in [5.74, 6) is 0. The molecule has 0 spiro atoms. The largest absolute Gasteiger partial charge is 0.591 e. The van der Waals surface area contributed by atoms with Crippen molar-refractivity contribution in [1.29, 1.82) is 0 Å². The molecule has 2 nitrogen and oxygen atoms in total. The molecule has 0 fully saturated rings. The van der Waals surface area contributed by atoms with Crippen LogP contribution in [0.2, 0.25) is 0 Å². The van der Waals surface area contributed by atoms with E-state index in [1.807, 2.05) is 18.2 Å². The van der Waals surface area contributed by atoms with E-state index in [4.69, 9.17) is 0 Å². The molecule has 1 aromatic carbocycles. The van der Waals surface area contributed by atoms with E-state index in [0.717, 1.165) is 5.56 Å². The molecule has 12 heavy (non-hydrogen) atoms. The minimum absolute atomic E-state index is 0.380. The summed E-state index contributed by atoms with van der Waals surface area (Å²) in [5.41, 5.74) is 0.746. The topological polar surface area (TPSA) is 40.1 Å². The fourth-order valence-corrected chi connectivity index (χ4v) is 1.56. The van der Waals surface area contributed by atoms with Crippen LogP contribution in [-0.2, 0) is 4.57 Å². The lowest BCUT2D eigenvalue weighted by molar-refractivity contribution is -0.160. The Hall–Kier alpha value is -0.980. The van der Waals surface area contributed by atoms with E-state index >= 15 is 0 Å². The third-order valence-electron chi connectivity index (χ3n) is 1.54. The van der Waals surface area contributed by atoms with E-state index in [1.165, 1.54) is 0 Å². The SMILES string of the molecule is CC=C(c1ccccc1)[P+](=O)[O-]. The van der Waals surface area contributed by atoms with Gasteiger partial charge in [0.25, 0.3) is 0 Å². The van der Waals surface area contributed by atoms with Gasteiger partial charge in [0.2, 0.25) is 0 Å². The van der Waals surface area contributed by atoms with Crippen LogP contribution in [0.15, 0.2) is 36.4 Å². The van der Waals surface area contributed by atoms with E-state index in [0.29, 0.717) is 5.31 Å². The summed E-state index contributed by atoms with van der Waals surface area (Å²) in [6.45, 7) is 1.72. The fraction of sp³-hybridized carbons (Fsp3) is 0.111. The summed E-state index contributed by atoms with van der Waals surface area (Å²) in [6.07, 6.45) is 1.60. The molecule has 3 heteroatoms. The number of benzene rings is 1. The van der Waals surface area contributed by atoms with Crippen LogP contribution in [0.1, 0.15) is 12.5 Å². The number of allylic oxidation sites excluding steroid dienone is 1. The Balaban J connectivity index is 3.05. The van der Waals surface area contributed by atoms with Gasteiger partial charge in [0.1, 0.15) is 0 Å². The van der Waals surface area contributed by atoms with Crippen LogP contribution in [0.25, 0.3) is 5.31 Å². The highest BCUT2D eigenvalue weighted by molar-refractivity contribution is 7.49. The molecular weight excluding hydrogens is 171 g/mol. The lowest BCUT2D eigenvalue weighted by atomic mass is 10.2. The first-order valence-electron chi connectivity index (χ1n) is 3.62. The molecule has 0 N–H and O–H groups in total. The molecule has 0 aliphatic rings. The summed E-state index contributed by atoms with van der Waals surface area (Å²) < 4.78 is 10.7. The predicted molar refractivity (Wildman–Crippen MR) is 47.7 cm³/mol. The smallest absolute Gasteiger partial charge is 0.349 e. The Bertz CT molecular complexity index is 304. The van der Waals surface area contributed by atoms with Gasteiger partial charge in [-0.2, -0.15) is 0 Å². The summed E-state index contributed by atoms with van der Waals surface area (Å²) in [6, 6.07) is 9.05. The molecule has 1 aromatic rings. The molecule has 62 valence electrons. The summed E-state index contributed by atoms with van der Waals surface area (Å²) in [4.78, 5) is 10.7. The molecule has 0 amide bonds. The maximum atomic E-state index is 10.7. The average molecular weight is 180 g/mol. The van der Waals surface area contributed by atoms with E-state index in [-0.39, 0.29) is 0 Å². The van der Waals surface area contributed by atoms with Gasteiger partial charge in [0.15, 0.2) is 5.31 Å². The van der Waals surface area contributed by atoms with Crippen molar-refractivity contribution in [2.75, 3.05) is 0 Å². The molecule has 0 aliphatic carbocycles. The van der Waals surface area contributed by atoms with Crippen LogP contribution >= 0.6 is 8.03 Å². The molecule has 0 bridgehead atoms. The van der Waals surface area contributed by atoms with Gasteiger partial charge in [0, 0.05) is 5.56 Å². The Morgan fingerprint density at radius 2 is 2.00 bits per heavy atom. The minimum atomic E-state index is -2.48. The zero-order valence-corrected chi connectivity index (χ0v) is 7.62. The third-order valence-corrected chi connectivity index (χ3v) is 2.45. The van der Waals surface area contributed by atoms with Crippen LogP contribution in [-0.4, -0.2) is 0 Å². The molecule has 1 atom stereocenters. The Labute approximate surface area is 72.4 Å². The van der Waals surface area contributed by atoms with Crippen LogP contribution in [0.5, 0.6) is 0 Å². The van der Waals surface area contributed by atoms with Gasteiger partial charge < -0.3 is 4.89 Å². The van der Waals surface area contributed by atoms with Crippen LogP contribution < -0.4 is 4.89 Å². The van der Waals surface area contributed by atoms with Gasteiger partial charge in [-0.15, -0.1) is 0 Å². The van der Waals surface area contributed by atoms with E-state index in [1.54, 1.807) is 25.1 Å². The van der Waals surface area contributed by atoms with Crippen molar-refractivity contribution in [3.8, 4) is 0 Å². The van der Waals surface area contributed by atoms with Crippen LogP contribution in [0.3, 0.4) is 0 Å². The van der Waals surface area contributed by atoms with Gasteiger partial charge in [-0.05, 0) is 13.0 Å². The monoisotopic (exact) mass is 180 g/mol. The average Bonchev–Trinajstić information content (AvgIpc) is 2.07. The van der Waals surface area contributed by atoms with E-state index < -0.39 is 8.03 Å². The van der Waals surface area contributed by atoms with Crippen molar-refractivity contribution < 1.29 is 9.46 Å². The zero-order chi connectivity index (χ0) is 8.97. The summed E-state index contributed by atoms with van der Waals surface area (Å²) in [5, 5.41) is 0.380. The maximum absolute atomic E-state index is 10.7.